The van der Waals surface area contributed by atoms with Crippen molar-refractivity contribution in [3.63, 3.8) is 0 Å². The van der Waals surface area contributed by atoms with E-state index in [2.05, 4.69) is 29.1 Å². The van der Waals surface area contributed by atoms with Crippen molar-refractivity contribution < 1.29 is 8.78 Å². The van der Waals surface area contributed by atoms with E-state index in [1.807, 2.05) is 0 Å². The van der Waals surface area contributed by atoms with Gasteiger partial charge in [-0.2, -0.15) is 11.3 Å². The fourth-order valence-electron chi connectivity index (χ4n) is 2.99. The molecule has 0 spiro atoms. The Labute approximate surface area is 118 Å². The van der Waals surface area contributed by atoms with Crippen LogP contribution >= 0.6 is 11.3 Å². The highest BCUT2D eigenvalue weighted by molar-refractivity contribution is 7.07. The van der Waals surface area contributed by atoms with Crippen LogP contribution in [-0.4, -0.2) is 18.5 Å². The maximum absolute atomic E-state index is 13.2. The molecule has 1 atom stereocenters. The molecule has 0 radical (unpaired) electrons. The van der Waals surface area contributed by atoms with Gasteiger partial charge in [0.25, 0.3) is 0 Å². The largest absolute Gasteiger partial charge is 0.314 e. The molecule has 1 unspecified atom stereocenters. The van der Waals surface area contributed by atoms with Crippen LogP contribution in [0.1, 0.15) is 44.6 Å². The lowest BCUT2D eigenvalue weighted by Gasteiger charge is -2.34. The second kappa shape index (κ2) is 6.80. The van der Waals surface area contributed by atoms with E-state index >= 15 is 0 Å². The number of alkyl halides is 2. The molecule has 2 rings (SSSR count). The van der Waals surface area contributed by atoms with E-state index < -0.39 is 5.92 Å². The standard InChI is InChI=1S/C15H23F2NS/c1-2-18-14(4-3-12-7-10-19-11-12)13-5-8-15(16,17)9-6-13/h7,10-11,13-14,18H,2-6,8-9H2,1H3. The Morgan fingerprint density at radius 3 is 2.74 bits per heavy atom. The molecule has 1 aromatic rings. The summed E-state index contributed by atoms with van der Waals surface area (Å²) in [5.41, 5.74) is 1.37. The van der Waals surface area contributed by atoms with Gasteiger partial charge in [-0.1, -0.05) is 6.92 Å². The first-order valence-corrected chi connectivity index (χ1v) is 8.17. The van der Waals surface area contributed by atoms with Crippen molar-refractivity contribution in [2.75, 3.05) is 6.54 Å². The molecular weight excluding hydrogens is 264 g/mol. The van der Waals surface area contributed by atoms with E-state index in [1.165, 1.54) is 5.56 Å². The molecule has 0 bridgehead atoms. The highest BCUT2D eigenvalue weighted by Crippen LogP contribution is 2.38. The lowest BCUT2D eigenvalue weighted by molar-refractivity contribution is -0.0497. The Balaban J connectivity index is 1.85. The number of hydrogen-bond donors (Lipinski definition) is 1. The summed E-state index contributed by atoms with van der Waals surface area (Å²) in [6.45, 7) is 3.01. The third kappa shape index (κ3) is 4.53. The summed E-state index contributed by atoms with van der Waals surface area (Å²) in [5, 5.41) is 7.78. The fourth-order valence-corrected chi connectivity index (χ4v) is 3.69. The molecule has 0 amide bonds. The van der Waals surface area contributed by atoms with Crippen LogP contribution in [0.5, 0.6) is 0 Å². The first-order chi connectivity index (χ1) is 9.11. The molecule has 108 valence electrons. The van der Waals surface area contributed by atoms with Crippen LogP contribution in [-0.2, 0) is 6.42 Å². The Bertz CT molecular complexity index is 354. The first-order valence-electron chi connectivity index (χ1n) is 7.23. The summed E-state index contributed by atoms with van der Waals surface area (Å²) < 4.78 is 26.4. The molecule has 0 aromatic carbocycles. The van der Waals surface area contributed by atoms with Crippen molar-refractivity contribution in [2.45, 2.75) is 57.4 Å². The molecule has 1 aliphatic carbocycles. The summed E-state index contributed by atoms with van der Waals surface area (Å²) in [6.07, 6.45) is 3.56. The van der Waals surface area contributed by atoms with Crippen LogP contribution < -0.4 is 5.32 Å². The highest BCUT2D eigenvalue weighted by atomic mass is 32.1. The number of rotatable bonds is 6. The van der Waals surface area contributed by atoms with Gasteiger partial charge in [-0.3, -0.25) is 0 Å². The Morgan fingerprint density at radius 1 is 1.42 bits per heavy atom. The molecule has 4 heteroatoms. The van der Waals surface area contributed by atoms with E-state index in [4.69, 9.17) is 0 Å². The molecule has 1 nitrogen and oxygen atoms in total. The molecule has 1 N–H and O–H groups in total. The molecule has 0 aliphatic heterocycles. The third-order valence-electron chi connectivity index (χ3n) is 4.12. The number of nitrogens with one attached hydrogen (secondary N) is 1. The monoisotopic (exact) mass is 287 g/mol. The minimum atomic E-state index is -2.42. The summed E-state index contributed by atoms with van der Waals surface area (Å²) in [5.74, 6) is -2.00. The van der Waals surface area contributed by atoms with Crippen molar-refractivity contribution in [3.05, 3.63) is 22.4 Å². The Kier molecular flexibility index (Phi) is 5.34. The summed E-state index contributed by atoms with van der Waals surface area (Å²) in [7, 11) is 0. The van der Waals surface area contributed by atoms with Crippen LogP contribution in [0, 0.1) is 5.92 Å². The number of aryl methyl sites for hydroxylation is 1. The minimum absolute atomic E-state index is 0.0675. The second-order valence-corrected chi connectivity index (χ2v) is 6.31. The molecule has 19 heavy (non-hydrogen) atoms. The average Bonchev–Trinajstić information content (AvgIpc) is 2.88. The molecule has 1 fully saturated rings. The van der Waals surface area contributed by atoms with E-state index in [-0.39, 0.29) is 12.8 Å². The van der Waals surface area contributed by atoms with Gasteiger partial charge in [0, 0.05) is 18.9 Å². The molecule has 1 heterocycles. The fraction of sp³-hybridized carbons (Fsp3) is 0.733. The average molecular weight is 287 g/mol. The van der Waals surface area contributed by atoms with Crippen LogP contribution in [0.15, 0.2) is 16.8 Å². The summed E-state index contributed by atoms with van der Waals surface area (Å²) in [6, 6.07) is 2.55. The number of hydrogen-bond acceptors (Lipinski definition) is 2. The first kappa shape index (κ1) is 14.9. The van der Waals surface area contributed by atoms with Gasteiger partial charge in [-0.25, -0.2) is 8.78 Å². The van der Waals surface area contributed by atoms with Gasteiger partial charge in [0.2, 0.25) is 5.92 Å². The topological polar surface area (TPSA) is 12.0 Å². The highest BCUT2D eigenvalue weighted by Gasteiger charge is 2.37. The quantitative estimate of drug-likeness (QED) is 0.813. The van der Waals surface area contributed by atoms with Crippen molar-refractivity contribution in [3.8, 4) is 0 Å². The summed E-state index contributed by atoms with van der Waals surface area (Å²) >= 11 is 1.72. The molecule has 0 saturated heterocycles. The Morgan fingerprint density at radius 2 is 2.16 bits per heavy atom. The normalized spacial score (nSPS) is 21.4. The lowest BCUT2D eigenvalue weighted by Crippen LogP contribution is -2.40. The van der Waals surface area contributed by atoms with Crippen molar-refractivity contribution in [1.82, 2.24) is 5.32 Å². The van der Waals surface area contributed by atoms with E-state index in [1.54, 1.807) is 11.3 Å². The van der Waals surface area contributed by atoms with Gasteiger partial charge in [-0.05, 0) is 60.5 Å². The zero-order chi connectivity index (χ0) is 13.7. The maximum atomic E-state index is 13.2. The van der Waals surface area contributed by atoms with Crippen LogP contribution in [0.2, 0.25) is 0 Å². The maximum Gasteiger partial charge on any atom is 0.248 e. The number of thiophene rings is 1. The predicted octanol–water partition coefficient (Wildman–Crippen LogP) is 4.48. The van der Waals surface area contributed by atoms with Gasteiger partial charge < -0.3 is 5.32 Å². The van der Waals surface area contributed by atoms with Gasteiger partial charge in [0.1, 0.15) is 0 Å². The molecule has 1 aromatic heterocycles. The van der Waals surface area contributed by atoms with Crippen LogP contribution in [0.4, 0.5) is 8.78 Å². The second-order valence-electron chi connectivity index (χ2n) is 5.53. The third-order valence-corrected chi connectivity index (χ3v) is 4.85. The lowest BCUT2D eigenvalue weighted by atomic mass is 9.80. The summed E-state index contributed by atoms with van der Waals surface area (Å²) in [4.78, 5) is 0. The van der Waals surface area contributed by atoms with Crippen molar-refractivity contribution in [2.24, 2.45) is 5.92 Å². The zero-order valence-electron chi connectivity index (χ0n) is 11.5. The zero-order valence-corrected chi connectivity index (χ0v) is 12.3. The predicted molar refractivity (Wildman–Crippen MR) is 77.0 cm³/mol. The van der Waals surface area contributed by atoms with Crippen molar-refractivity contribution >= 4 is 11.3 Å². The Hall–Kier alpha value is -0.480. The van der Waals surface area contributed by atoms with E-state index in [9.17, 15) is 8.78 Å². The van der Waals surface area contributed by atoms with E-state index in [0.717, 1.165) is 19.4 Å². The van der Waals surface area contributed by atoms with Crippen LogP contribution in [0.3, 0.4) is 0 Å². The molecule has 1 saturated carbocycles. The SMILES string of the molecule is CCNC(CCc1ccsc1)C1CCC(F)(F)CC1. The van der Waals surface area contributed by atoms with Crippen molar-refractivity contribution in [1.29, 1.82) is 0 Å². The number of halogens is 2. The molecule has 1 aliphatic rings. The van der Waals surface area contributed by atoms with Gasteiger partial charge in [-0.15, -0.1) is 0 Å². The van der Waals surface area contributed by atoms with Gasteiger partial charge >= 0.3 is 0 Å². The molecular formula is C15H23F2NS. The van der Waals surface area contributed by atoms with Gasteiger partial charge in [0.15, 0.2) is 0 Å². The van der Waals surface area contributed by atoms with Crippen LogP contribution in [0.25, 0.3) is 0 Å². The van der Waals surface area contributed by atoms with Gasteiger partial charge in [0.05, 0.1) is 0 Å². The minimum Gasteiger partial charge on any atom is -0.314 e. The van der Waals surface area contributed by atoms with E-state index in [0.29, 0.717) is 24.8 Å². The smallest absolute Gasteiger partial charge is 0.248 e.